The van der Waals surface area contributed by atoms with Crippen molar-refractivity contribution in [2.24, 2.45) is 0 Å². The first-order valence-corrected chi connectivity index (χ1v) is 9.64. The second kappa shape index (κ2) is 12.5. The van der Waals surface area contributed by atoms with Crippen LogP contribution in [-0.4, -0.2) is 30.6 Å². The molecule has 0 aliphatic carbocycles. The molecule has 2 aromatic rings. The second-order valence-electron chi connectivity index (χ2n) is 6.72. The smallest absolute Gasteiger partial charge is 0.124 e. The molecule has 0 bridgehead atoms. The molecule has 0 spiro atoms. The average Bonchev–Trinajstić information content (AvgIpc) is 3.10. The fourth-order valence-electron chi connectivity index (χ4n) is 3.48. The number of hydrogen-bond donors (Lipinski definition) is 1. The summed E-state index contributed by atoms with van der Waals surface area (Å²) in [6, 6.07) is 12.7. The van der Waals surface area contributed by atoms with Gasteiger partial charge in [-0.05, 0) is 61.8 Å². The van der Waals surface area contributed by atoms with Crippen molar-refractivity contribution in [1.82, 2.24) is 10.2 Å². The first-order valence-electron chi connectivity index (χ1n) is 9.26. The number of nitrogens with zero attached hydrogens (tertiary/aromatic N) is 1. The first kappa shape index (κ1) is 25.0. The molecule has 28 heavy (non-hydrogen) atoms. The highest BCUT2D eigenvalue weighted by Crippen LogP contribution is 2.24. The van der Waals surface area contributed by atoms with E-state index in [0.717, 1.165) is 30.0 Å². The molecular formula is C21H28Cl3FN2O. The Morgan fingerprint density at radius 1 is 1.18 bits per heavy atom. The summed E-state index contributed by atoms with van der Waals surface area (Å²) in [5, 5.41) is 4.25. The van der Waals surface area contributed by atoms with Crippen molar-refractivity contribution in [2.75, 3.05) is 19.6 Å². The maximum Gasteiger partial charge on any atom is 0.124 e. The Kier molecular flexibility index (Phi) is 11.2. The second-order valence-corrected chi connectivity index (χ2v) is 7.16. The van der Waals surface area contributed by atoms with Crippen molar-refractivity contribution in [3.05, 3.63) is 64.4 Å². The molecule has 0 radical (unpaired) electrons. The Labute approximate surface area is 184 Å². The SMILES string of the molecule is CCN1CCCC1CNCc1cc(Cl)ccc1OCc1ccc(F)cc1.Cl.Cl. The Hall–Kier alpha value is -1.04. The Bertz CT molecular complexity index is 715. The van der Waals surface area contributed by atoms with Crippen molar-refractivity contribution < 1.29 is 9.13 Å². The number of likely N-dealkylation sites (N-methyl/N-ethyl adjacent to an activating group) is 1. The molecule has 0 aromatic heterocycles. The molecule has 1 fully saturated rings. The van der Waals surface area contributed by atoms with Crippen LogP contribution < -0.4 is 10.1 Å². The summed E-state index contributed by atoms with van der Waals surface area (Å²) in [7, 11) is 0. The molecule has 1 aliphatic heterocycles. The van der Waals surface area contributed by atoms with Gasteiger partial charge >= 0.3 is 0 Å². The third-order valence-corrected chi connectivity index (χ3v) is 5.17. The highest BCUT2D eigenvalue weighted by molar-refractivity contribution is 6.30. The van der Waals surface area contributed by atoms with E-state index in [1.165, 1.54) is 31.5 Å². The molecule has 1 saturated heterocycles. The van der Waals surface area contributed by atoms with Crippen LogP contribution in [0.25, 0.3) is 0 Å². The molecular weight excluding hydrogens is 422 g/mol. The number of nitrogens with one attached hydrogen (secondary N) is 1. The maximum absolute atomic E-state index is 13.0. The topological polar surface area (TPSA) is 24.5 Å². The summed E-state index contributed by atoms with van der Waals surface area (Å²) in [5.41, 5.74) is 1.98. The summed E-state index contributed by atoms with van der Waals surface area (Å²) in [6.45, 7) is 6.62. The summed E-state index contributed by atoms with van der Waals surface area (Å²) in [5.74, 6) is 0.572. The molecule has 7 heteroatoms. The van der Waals surface area contributed by atoms with E-state index in [0.29, 0.717) is 24.2 Å². The van der Waals surface area contributed by atoms with Crippen LogP contribution in [0.5, 0.6) is 5.75 Å². The van der Waals surface area contributed by atoms with Gasteiger partial charge in [-0.2, -0.15) is 0 Å². The molecule has 0 saturated carbocycles. The number of likely N-dealkylation sites (tertiary alicyclic amines) is 1. The molecule has 3 rings (SSSR count). The van der Waals surface area contributed by atoms with Crippen molar-refractivity contribution in [2.45, 2.75) is 39.0 Å². The predicted molar refractivity (Wildman–Crippen MR) is 119 cm³/mol. The third kappa shape index (κ3) is 7.09. The van der Waals surface area contributed by atoms with Crippen LogP contribution in [0.15, 0.2) is 42.5 Å². The van der Waals surface area contributed by atoms with Gasteiger partial charge in [0.05, 0.1) is 0 Å². The van der Waals surface area contributed by atoms with Crippen LogP contribution in [0.3, 0.4) is 0 Å². The van der Waals surface area contributed by atoms with Crippen LogP contribution in [-0.2, 0) is 13.2 Å². The number of rotatable bonds is 8. The van der Waals surface area contributed by atoms with Crippen molar-refractivity contribution in [1.29, 1.82) is 0 Å². The number of hydrogen-bond acceptors (Lipinski definition) is 3. The standard InChI is InChI=1S/C21H26ClFN2O.2ClH/c1-2-25-11-3-4-20(25)14-24-13-17-12-18(22)7-10-21(17)26-15-16-5-8-19(23)9-6-16;;/h5-10,12,20,24H,2-4,11,13-15H2,1H3;2*1H. The zero-order valence-electron chi connectivity index (χ0n) is 16.0. The molecule has 3 nitrogen and oxygen atoms in total. The van der Waals surface area contributed by atoms with Gasteiger partial charge in [-0.25, -0.2) is 4.39 Å². The van der Waals surface area contributed by atoms with Crippen molar-refractivity contribution in [3.8, 4) is 5.75 Å². The zero-order valence-corrected chi connectivity index (χ0v) is 18.4. The zero-order chi connectivity index (χ0) is 18.4. The van der Waals surface area contributed by atoms with Gasteiger partial charge in [0.15, 0.2) is 0 Å². The minimum absolute atomic E-state index is 0. The molecule has 1 N–H and O–H groups in total. The number of benzene rings is 2. The van der Waals surface area contributed by atoms with Crippen molar-refractivity contribution >= 4 is 36.4 Å². The molecule has 1 heterocycles. The van der Waals surface area contributed by atoms with E-state index >= 15 is 0 Å². The van der Waals surface area contributed by atoms with Crippen LogP contribution in [0, 0.1) is 5.82 Å². The van der Waals surface area contributed by atoms with Gasteiger partial charge in [0.1, 0.15) is 18.2 Å². The Balaban J connectivity index is 0.00000196. The summed E-state index contributed by atoms with van der Waals surface area (Å²) in [4.78, 5) is 2.52. The van der Waals surface area contributed by atoms with E-state index in [9.17, 15) is 4.39 Å². The predicted octanol–water partition coefficient (Wildman–Crippen LogP) is 5.48. The van der Waals surface area contributed by atoms with Gasteiger partial charge < -0.3 is 10.1 Å². The Morgan fingerprint density at radius 3 is 2.64 bits per heavy atom. The molecule has 2 aromatic carbocycles. The van der Waals surface area contributed by atoms with Crippen LogP contribution in [0.2, 0.25) is 5.02 Å². The normalized spacial score (nSPS) is 16.3. The van der Waals surface area contributed by atoms with Gasteiger partial charge in [0, 0.05) is 29.7 Å². The summed E-state index contributed by atoms with van der Waals surface area (Å²) in [6.07, 6.45) is 2.54. The van der Waals surface area contributed by atoms with Gasteiger partial charge in [-0.1, -0.05) is 30.7 Å². The van der Waals surface area contributed by atoms with Crippen LogP contribution >= 0.6 is 36.4 Å². The molecule has 1 unspecified atom stereocenters. The summed E-state index contributed by atoms with van der Waals surface area (Å²) < 4.78 is 19.0. The molecule has 1 aliphatic rings. The Morgan fingerprint density at radius 2 is 1.93 bits per heavy atom. The van der Waals surface area contributed by atoms with Gasteiger partial charge in [-0.3, -0.25) is 4.90 Å². The highest BCUT2D eigenvalue weighted by Gasteiger charge is 2.22. The van der Waals surface area contributed by atoms with E-state index in [1.54, 1.807) is 12.1 Å². The van der Waals surface area contributed by atoms with E-state index in [2.05, 4.69) is 17.1 Å². The monoisotopic (exact) mass is 448 g/mol. The highest BCUT2D eigenvalue weighted by atomic mass is 35.5. The summed E-state index contributed by atoms with van der Waals surface area (Å²) >= 11 is 6.17. The lowest BCUT2D eigenvalue weighted by atomic mass is 10.1. The molecule has 156 valence electrons. The van der Waals surface area contributed by atoms with E-state index in [1.807, 2.05) is 18.2 Å². The van der Waals surface area contributed by atoms with E-state index in [-0.39, 0.29) is 30.6 Å². The van der Waals surface area contributed by atoms with E-state index in [4.69, 9.17) is 16.3 Å². The lowest BCUT2D eigenvalue weighted by Crippen LogP contribution is -2.37. The van der Waals surface area contributed by atoms with E-state index < -0.39 is 0 Å². The van der Waals surface area contributed by atoms with Crippen molar-refractivity contribution in [3.63, 3.8) is 0 Å². The van der Waals surface area contributed by atoms with Gasteiger partial charge in [0.2, 0.25) is 0 Å². The molecule has 1 atom stereocenters. The molecule has 0 amide bonds. The quantitative estimate of drug-likeness (QED) is 0.578. The van der Waals surface area contributed by atoms with Crippen LogP contribution in [0.4, 0.5) is 4.39 Å². The first-order chi connectivity index (χ1) is 12.7. The minimum atomic E-state index is -0.238. The maximum atomic E-state index is 13.0. The largest absolute Gasteiger partial charge is 0.489 e. The number of ether oxygens (including phenoxy) is 1. The fourth-order valence-corrected chi connectivity index (χ4v) is 3.68. The van der Waals surface area contributed by atoms with Crippen LogP contribution in [0.1, 0.15) is 30.9 Å². The minimum Gasteiger partial charge on any atom is -0.489 e. The third-order valence-electron chi connectivity index (χ3n) is 4.93. The lowest BCUT2D eigenvalue weighted by Gasteiger charge is -2.23. The fraction of sp³-hybridized carbons (Fsp3) is 0.429. The lowest BCUT2D eigenvalue weighted by molar-refractivity contribution is 0.259. The number of halogens is 4. The van der Waals surface area contributed by atoms with Gasteiger partial charge in [0.25, 0.3) is 0 Å². The average molecular weight is 450 g/mol. The van der Waals surface area contributed by atoms with Gasteiger partial charge in [-0.15, -0.1) is 24.8 Å².